The summed E-state index contributed by atoms with van der Waals surface area (Å²) < 4.78 is 32.3. The van der Waals surface area contributed by atoms with Crippen molar-refractivity contribution in [3.63, 3.8) is 0 Å². The zero-order valence-corrected chi connectivity index (χ0v) is 48.2. The lowest BCUT2D eigenvalue weighted by atomic mass is 9.98. The maximum absolute atomic E-state index is 15.9. The summed E-state index contributed by atoms with van der Waals surface area (Å²) in [4.78, 5) is 36.7. The molecule has 86 heavy (non-hydrogen) atoms. The van der Waals surface area contributed by atoms with Crippen LogP contribution in [0.4, 0.5) is 10.2 Å². The summed E-state index contributed by atoms with van der Waals surface area (Å²) in [5.41, 5.74) is 12.9. The predicted octanol–water partition coefficient (Wildman–Crippen LogP) is 11.5. The molecular weight excluding hydrogens is 1080 g/mol. The number of nitrogens with one attached hydrogen (secondary N) is 2. The molecule has 9 aromatic rings. The molecule has 13 rings (SSSR count). The first-order valence-electron chi connectivity index (χ1n) is 29.4. The minimum atomic E-state index is -0.631. The van der Waals surface area contributed by atoms with Gasteiger partial charge in [0.15, 0.2) is 0 Å². The summed E-state index contributed by atoms with van der Waals surface area (Å²) in [5.74, 6) is 2.94. The standard InChI is InChI=1S/C68H64FN15O2/c1-43-40-74-59(39-71)78-66(43)76-53-27-33-83(34-28-53)42-44-9-13-47(14-10-44)61-63(49-7-5-4-6-8-49)81(2)67(79-61)54-37-51(21-22-55(54)85-3)46-17-19-50(20-18-46)64-62(80-68-60-56(23-29-73-65(60)69)86-36-35-84(64)68)48-15-11-45(12-16-48)41-82-31-25-52(26-32-82)75-57-24-30-72-58(38-70)77-57/h4-24,29-30,37,40,43,52-53,66,76H,25-28,31-36,41-42H2,1-3H3,(H,72,75,77). The van der Waals surface area contributed by atoms with Crippen molar-refractivity contribution in [2.24, 2.45) is 23.0 Å². The number of hydrogen-bond donors (Lipinski definition) is 2. The lowest BCUT2D eigenvalue weighted by Gasteiger charge is -2.35. The normalized spacial score (nSPS) is 17.3. The Kier molecular flexibility index (Phi) is 15.8. The molecule has 5 aromatic carbocycles. The van der Waals surface area contributed by atoms with Crippen molar-refractivity contribution in [3.05, 3.63) is 169 Å². The molecule has 2 fully saturated rings. The van der Waals surface area contributed by atoms with Gasteiger partial charge in [0.2, 0.25) is 17.6 Å². The van der Waals surface area contributed by atoms with Crippen LogP contribution in [-0.4, -0.2) is 114 Å². The molecule has 0 saturated carbocycles. The van der Waals surface area contributed by atoms with Crippen molar-refractivity contribution in [1.29, 1.82) is 10.5 Å². The fourth-order valence-corrected chi connectivity index (χ4v) is 12.4. The third-order valence-corrected chi connectivity index (χ3v) is 17.0. The van der Waals surface area contributed by atoms with Crippen molar-refractivity contribution < 1.29 is 13.9 Å². The van der Waals surface area contributed by atoms with E-state index in [2.05, 4.69) is 184 Å². The lowest BCUT2D eigenvalue weighted by Crippen LogP contribution is -2.48. The Morgan fingerprint density at radius 2 is 1.27 bits per heavy atom. The molecule has 17 nitrogen and oxygen atoms in total. The van der Waals surface area contributed by atoms with E-state index < -0.39 is 5.95 Å². The number of aromatic nitrogens is 7. The minimum absolute atomic E-state index is 0.125. The number of nitrogens with zero attached hydrogens (tertiary/aromatic N) is 13. The van der Waals surface area contributed by atoms with Crippen molar-refractivity contribution >= 4 is 17.9 Å². The Bertz CT molecular complexity index is 4070. The van der Waals surface area contributed by atoms with Gasteiger partial charge in [-0.05, 0) is 85.3 Å². The van der Waals surface area contributed by atoms with Gasteiger partial charge in [0.25, 0.3) is 0 Å². The molecule has 4 aliphatic heterocycles. The second kappa shape index (κ2) is 24.5. The van der Waals surface area contributed by atoms with Gasteiger partial charge >= 0.3 is 0 Å². The van der Waals surface area contributed by atoms with Crippen LogP contribution >= 0.6 is 0 Å². The number of imidazole rings is 2. The molecule has 0 spiro atoms. The highest BCUT2D eigenvalue weighted by Crippen LogP contribution is 2.44. The summed E-state index contributed by atoms with van der Waals surface area (Å²) in [7, 11) is 3.77. The van der Waals surface area contributed by atoms with E-state index >= 15 is 4.39 Å². The zero-order chi connectivity index (χ0) is 58.7. The fraction of sp³-hybridized carbons (Fsp3) is 0.279. The number of piperidine rings is 2. The predicted molar refractivity (Wildman–Crippen MR) is 331 cm³/mol. The summed E-state index contributed by atoms with van der Waals surface area (Å²) in [6.45, 7) is 8.28. The van der Waals surface area contributed by atoms with E-state index in [1.165, 1.54) is 17.3 Å². The van der Waals surface area contributed by atoms with Gasteiger partial charge in [-0.25, -0.2) is 34.9 Å². The fourth-order valence-electron chi connectivity index (χ4n) is 12.4. The topological polar surface area (TPSA) is 196 Å². The van der Waals surface area contributed by atoms with Crippen molar-refractivity contribution in [3.8, 4) is 103 Å². The Morgan fingerprint density at radius 3 is 1.94 bits per heavy atom. The number of nitriles is 2. The van der Waals surface area contributed by atoms with Crippen LogP contribution in [0.2, 0.25) is 0 Å². The lowest BCUT2D eigenvalue weighted by molar-refractivity contribution is 0.181. The number of benzene rings is 5. The number of ether oxygens (including phenoxy) is 2. The number of halogens is 1. The Labute approximate surface area is 499 Å². The van der Waals surface area contributed by atoms with E-state index in [1.807, 2.05) is 24.4 Å². The van der Waals surface area contributed by atoms with Gasteiger partial charge in [0, 0.05) is 92.1 Å². The van der Waals surface area contributed by atoms with E-state index in [0.717, 1.165) is 132 Å². The number of hydrogen-bond acceptors (Lipinski definition) is 15. The largest absolute Gasteiger partial charge is 0.496 e. The van der Waals surface area contributed by atoms with Gasteiger partial charge in [-0.15, -0.1) is 0 Å². The van der Waals surface area contributed by atoms with Crippen LogP contribution in [0.1, 0.15) is 49.6 Å². The van der Waals surface area contributed by atoms with Crippen molar-refractivity contribution in [1.82, 2.24) is 49.2 Å². The molecule has 4 aliphatic rings. The van der Waals surface area contributed by atoms with E-state index in [-0.39, 0.29) is 35.3 Å². The van der Waals surface area contributed by atoms with Crippen LogP contribution < -0.4 is 20.1 Å². The molecule has 0 amide bonds. The van der Waals surface area contributed by atoms with Gasteiger partial charge in [-0.3, -0.25) is 15.1 Å². The van der Waals surface area contributed by atoms with Crippen molar-refractivity contribution in [2.75, 3.05) is 45.2 Å². The third-order valence-electron chi connectivity index (χ3n) is 17.0. The second-order valence-corrected chi connectivity index (χ2v) is 22.5. The van der Waals surface area contributed by atoms with Crippen LogP contribution in [0.25, 0.3) is 78.9 Å². The molecule has 2 saturated heterocycles. The highest BCUT2D eigenvalue weighted by atomic mass is 19.1. The first-order valence-corrected chi connectivity index (χ1v) is 29.4. The van der Waals surface area contributed by atoms with Crippen LogP contribution in [0.5, 0.6) is 11.5 Å². The smallest absolute Gasteiger partial charge is 0.234 e. The third kappa shape index (κ3) is 11.5. The molecule has 0 aliphatic carbocycles. The highest BCUT2D eigenvalue weighted by Gasteiger charge is 2.30. The van der Waals surface area contributed by atoms with Gasteiger partial charge in [0.05, 0.1) is 42.0 Å². The summed E-state index contributed by atoms with van der Waals surface area (Å²) >= 11 is 0. The first-order chi connectivity index (χ1) is 42.2. The number of fused-ring (bicyclic) bond motifs is 3. The van der Waals surface area contributed by atoms with Crippen LogP contribution in [0.15, 0.2) is 156 Å². The molecule has 8 heterocycles. The minimum Gasteiger partial charge on any atom is -0.496 e. The first kappa shape index (κ1) is 55.5. The SMILES string of the molecule is COc1ccc(-c2ccc(-c3c(-c4ccc(CN5CCC(Nc6ccnc(C#N)n6)CC5)cc4)nc4n3CCOc3ccnc(F)c3-4)cc2)cc1-c1nc(-c2ccc(CN3CCC(NC4N=C(C#N)N=CC4C)CC3)cc2)c(-c2ccccc2)n1C. The number of likely N-dealkylation sites (tertiary alicyclic amines) is 2. The quantitative estimate of drug-likeness (QED) is 0.0921. The van der Waals surface area contributed by atoms with Gasteiger partial charge in [0.1, 0.15) is 59.4 Å². The summed E-state index contributed by atoms with van der Waals surface area (Å²) in [5, 5.41) is 25.8. The van der Waals surface area contributed by atoms with Crippen LogP contribution in [0.3, 0.4) is 0 Å². The van der Waals surface area contributed by atoms with E-state index in [0.29, 0.717) is 42.3 Å². The monoisotopic (exact) mass is 1140 g/mol. The van der Waals surface area contributed by atoms with Crippen LogP contribution in [0, 0.1) is 34.5 Å². The van der Waals surface area contributed by atoms with Crippen molar-refractivity contribution in [2.45, 2.75) is 70.5 Å². The van der Waals surface area contributed by atoms with Gasteiger partial charge < -0.3 is 23.9 Å². The molecule has 430 valence electrons. The maximum atomic E-state index is 15.9. The number of pyridine rings is 1. The highest BCUT2D eigenvalue weighted by molar-refractivity contribution is 6.02. The average Bonchev–Trinajstić information content (AvgIpc) is 1.81. The van der Waals surface area contributed by atoms with E-state index in [9.17, 15) is 10.5 Å². The molecule has 2 unspecified atom stereocenters. The molecule has 0 bridgehead atoms. The Morgan fingerprint density at radius 1 is 0.651 bits per heavy atom. The van der Waals surface area contributed by atoms with Gasteiger partial charge in [-0.2, -0.15) is 14.9 Å². The molecule has 0 radical (unpaired) electrons. The molecule has 2 N–H and O–H groups in total. The van der Waals surface area contributed by atoms with E-state index in [1.54, 1.807) is 25.4 Å². The second-order valence-electron chi connectivity index (χ2n) is 22.5. The number of anilines is 1. The van der Waals surface area contributed by atoms with E-state index in [4.69, 9.17) is 19.4 Å². The van der Waals surface area contributed by atoms with Crippen LogP contribution in [-0.2, 0) is 26.7 Å². The Hall–Kier alpha value is -9.72. The number of aliphatic imine (C=N–C) groups is 2. The molecule has 18 heteroatoms. The Balaban J connectivity index is 0.755. The summed E-state index contributed by atoms with van der Waals surface area (Å²) in [6.07, 6.45) is 8.64. The number of rotatable bonds is 15. The maximum Gasteiger partial charge on any atom is 0.234 e. The molecule has 2 atom stereocenters. The number of methoxy groups -OCH3 is 1. The molecule has 4 aromatic heterocycles. The van der Waals surface area contributed by atoms with Gasteiger partial charge in [-0.1, -0.05) is 116 Å². The number of amidine groups is 1. The molecular formula is C68H64FN15O2. The zero-order valence-electron chi connectivity index (χ0n) is 48.2. The summed E-state index contributed by atoms with van der Waals surface area (Å²) in [6, 6.07) is 50.7. The average molecular weight is 1140 g/mol.